The van der Waals surface area contributed by atoms with Gasteiger partial charge in [0.15, 0.2) is 5.65 Å². The lowest BCUT2D eigenvalue weighted by molar-refractivity contribution is -0.113. The van der Waals surface area contributed by atoms with E-state index < -0.39 is 0 Å². The van der Waals surface area contributed by atoms with Crippen LogP contribution in [0.15, 0.2) is 47.5 Å². The maximum absolute atomic E-state index is 12.6. The molecule has 0 aliphatic heterocycles. The van der Waals surface area contributed by atoms with Crippen molar-refractivity contribution >= 4 is 40.0 Å². The highest BCUT2D eigenvalue weighted by atomic mass is 32.2. The molecule has 31 heavy (non-hydrogen) atoms. The minimum absolute atomic E-state index is 0.167. The molecule has 0 atom stereocenters. The van der Waals surface area contributed by atoms with Gasteiger partial charge in [0, 0.05) is 12.0 Å². The number of hydrogen-bond acceptors (Lipinski definition) is 7. The number of hydrogen-bond donors (Lipinski definition) is 1. The Morgan fingerprint density at radius 1 is 1.13 bits per heavy atom. The zero-order valence-electron chi connectivity index (χ0n) is 17.7. The van der Waals surface area contributed by atoms with E-state index in [1.807, 2.05) is 28.7 Å². The second-order valence-electron chi connectivity index (χ2n) is 7.18. The van der Waals surface area contributed by atoms with Crippen molar-refractivity contribution in [3.63, 3.8) is 0 Å². The lowest BCUT2D eigenvalue weighted by atomic mass is 10.2. The molecule has 0 aliphatic carbocycles. The van der Waals surface area contributed by atoms with E-state index >= 15 is 0 Å². The number of amides is 1. The lowest BCUT2D eigenvalue weighted by Crippen LogP contribution is -2.15. The molecule has 4 rings (SSSR count). The molecule has 4 aromatic rings. The van der Waals surface area contributed by atoms with E-state index in [0.717, 1.165) is 16.9 Å². The molecular weight excluding hydrogens is 414 g/mol. The van der Waals surface area contributed by atoms with Gasteiger partial charge in [-0.05, 0) is 24.3 Å². The molecule has 0 spiro atoms. The van der Waals surface area contributed by atoms with Crippen molar-refractivity contribution in [3.8, 4) is 11.5 Å². The van der Waals surface area contributed by atoms with E-state index in [-0.39, 0.29) is 17.6 Å². The number of carbonyl (C=O) groups excluding carboxylic acids is 1. The average molecular weight is 438 g/mol. The molecule has 0 aliphatic rings. The average Bonchev–Trinajstić information content (AvgIpc) is 3.24. The predicted molar refractivity (Wildman–Crippen MR) is 121 cm³/mol. The number of para-hydroxylation sites is 2. The Bertz CT molecular complexity index is 1250. The number of aromatic nitrogens is 4. The van der Waals surface area contributed by atoms with Gasteiger partial charge in [-0.15, -0.1) is 10.2 Å². The summed E-state index contributed by atoms with van der Waals surface area (Å²) in [5.74, 6) is 2.24. The largest absolute Gasteiger partial charge is 0.497 e. The van der Waals surface area contributed by atoms with E-state index in [1.165, 1.54) is 11.8 Å². The maximum Gasteiger partial charge on any atom is 0.234 e. The SMILES string of the molecule is COc1ccc(NC(=O)CSc2nc3ccccc3n3c(C(C)C)nnc23)c(OC)c1. The van der Waals surface area contributed by atoms with Gasteiger partial charge in [0.25, 0.3) is 0 Å². The number of thioether (sulfide) groups is 1. The van der Waals surface area contributed by atoms with Gasteiger partial charge in [-0.1, -0.05) is 37.7 Å². The number of anilines is 1. The van der Waals surface area contributed by atoms with Gasteiger partial charge in [0.05, 0.1) is 36.7 Å². The van der Waals surface area contributed by atoms with Crippen molar-refractivity contribution in [2.45, 2.75) is 24.8 Å². The Kier molecular flexibility index (Phi) is 5.94. The summed E-state index contributed by atoms with van der Waals surface area (Å²) in [5.41, 5.74) is 3.01. The van der Waals surface area contributed by atoms with Gasteiger partial charge in [-0.3, -0.25) is 9.20 Å². The molecule has 9 heteroatoms. The van der Waals surface area contributed by atoms with Crippen LogP contribution in [-0.2, 0) is 4.79 Å². The van der Waals surface area contributed by atoms with Crippen LogP contribution in [-0.4, -0.2) is 45.5 Å². The van der Waals surface area contributed by atoms with E-state index in [9.17, 15) is 4.79 Å². The molecule has 0 fully saturated rings. The molecule has 2 heterocycles. The number of methoxy groups -OCH3 is 2. The standard InChI is InChI=1S/C22H23N5O3S/c1-13(2)20-25-26-21-22(24-15-7-5-6-8-17(15)27(20)21)31-12-19(28)23-16-10-9-14(29-3)11-18(16)30-4/h5-11,13H,12H2,1-4H3,(H,23,28). The van der Waals surface area contributed by atoms with Gasteiger partial charge >= 0.3 is 0 Å². The summed E-state index contributed by atoms with van der Waals surface area (Å²) in [7, 11) is 3.13. The molecule has 0 bridgehead atoms. The first-order chi connectivity index (χ1) is 15.0. The Morgan fingerprint density at radius 3 is 2.68 bits per heavy atom. The molecule has 0 saturated carbocycles. The summed E-state index contributed by atoms with van der Waals surface area (Å²) in [6.45, 7) is 4.16. The number of nitrogens with one attached hydrogen (secondary N) is 1. The van der Waals surface area contributed by atoms with Crippen LogP contribution in [0, 0.1) is 0 Å². The summed E-state index contributed by atoms with van der Waals surface area (Å²) in [6.07, 6.45) is 0. The lowest BCUT2D eigenvalue weighted by Gasteiger charge is -2.12. The third-order valence-electron chi connectivity index (χ3n) is 4.76. The monoisotopic (exact) mass is 437 g/mol. The van der Waals surface area contributed by atoms with Crippen LogP contribution in [0.1, 0.15) is 25.6 Å². The quantitative estimate of drug-likeness (QED) is 0.434. The third-order valence-corrected chi connectivity index (χ3v) is 5.72. The number of benzene rings is 2. The van der Waals surface area contributed by atoms with Gasteiger partial charge < -0.3 is 14.8 Å². The molecule has 2 aromatic heterocycles. The molecule has 1 N–H and O–H groups in total. The normalized spacial score (nSPS) is 11.3. The van der Waals surface area contributed by atoms with Crippen LogP contribution in [0.25, 0.3) is 16.7 Å². The molecule has 2 aromatic carbocycles. The second kappa shape index (κ2) is 8.81. The van der Waals surface area contributed by atoms with E-state index in [2.05, 4.69) is 29.4 Å². The van der Waals surface area contributed by atoms with Crippen molar-refractivity contribution in [2.75, 3.05) is 25.3 Å². The molecule has 0 unspecified atom stereocenters. The van der Waals surface area contributed by atoms with Crippen LogP contribution in [0.2, 0.25) is 0 Å². The van der Waals surface area contributed by atoms with Gasteiger partial charge in [0.2, 0.25) is 5.91 Å². The Balaban J connectivity index is 1.60. The molecular formula is C22H23N5O3S. The van der Waals surface area contributed by atoms with E-state index in [0.29, 0.717) is 27.9 Å². The van der Waals surface area contributed by atoms with Gasteiger partial charge in [-0.25, -0.2) is 4.98 Å². The molecule has 160 valence electrons. The van der Waals surface area contributed by atoms with Crippen LogP contribution in [0.5, 0.6) is 11.5 Å². The van der Waals surface area contributed by atoms with Gasteiger partial charge in [-0.2, -0.15) is 0 Å². The maximum atomic E-state index is 12.6. The Morgan fingerprint density at radius 2 is 1.94 bits per heavy atom. The second-order valence-corrected chi connectivity index (χ2v) is 8.14. The summed E-state index contributed by atoms with van der Waals surface area (Å²) in [5, 5.41) is 12.3. The third kappa shape index (κ3) is 4.13. The first-order valence-electron chi connectivity index (χ1n) is 9.80. The van der Waals surface area contributed by atoms with Crippen molar-refractivity contribution in [2.24, 2.45) is 0 Å². The van der Waals surface area contributed by atoms with Crippen molar-refractivity contribution in [1.82, 2.24) is 19.6 Å². The Hall–Kier alpha value is -3.33. The zero-order valence-corrected chi connectivity index (χ0v) is 18.6. The minimum atomic E-state index is -0.176. The van der Waals surface area contributed by atoms with Gasteiger partial charge in [0.1, 0.15) is 22.3 Å². The van der Waals surface area contributed by atoms with Crippen LogP contribution >= 0.6 is 11.8 Å². The highest BCUT2D eigenvalue weighted by molar-refractivity contribution is 8.00. The topological polar surface area (TPSA) is 90.6 Å². The fourth-order valence-electron chi connectivity index (χ4n) is 3.27. The summed E-state index contributed by atoms with van der Waals surface area (Å²) in [6, 6.07) is 13.1. The molecule has 0 saturated heterocycles. The van der Waals surface area contributed by atoms with Crippen LogP contribution in [0.3, 0.4) is 0 Å². The molecule has 1 amide bonds. The first kappa shape index (κ1) is 20.9. The Labute approximate surface area is 184 Å². The van der Waals surface area contributed by atoms with Crippen molar-refractivity contribution in [1.29, 1.82) is 0 Å². The van der Waals surface area contributed by atoms with Crippen molar-refractivity contribution in [3.05, 3.63) is 48.3 Å². The number of nitrogens with zero attached hydrogens (tertiary/aromatic N) is 4. The fraction of sp³-hybridized carbons (Fsp3) is 0.273. The zero-order chi connectivity index (χ0) is 22.0. The molecule has 0 radical (unpaired) electrons. The highest BCUT2D eigenvalue weighted by Crippen LogP contribution is 2.30. The predicted octanol–water partition coefficient (Wildman–Crippen LogP) is 4.15. The number of ether oxygens (including phenoxy) is 2. The molecule has 8 nitrogen and oxygen atoms in total. The van der Waals surface area contributed by atoms with Crippen LogP contribution < -0.4 is 14.8 Å². The smallest absolute Gasteiger partial charge is 0.234 e. The summed E-state index contributed by atoms with van der Waals surface area (Å²) < 4.78 is 12.6. The summed E-state index contributed by atoms with van der Waals surface area (Å²) >= 11 is 1.33. The van der Waals surface area contributed by atoms with Crippen molar-refractivity contribution < 1.29 is 14.3 Å². The van der Waals surface area contributed by atoms with E-state index in [1.54, 1.807) is 32.4 Å². The number of fused-ring (bicyclic) bond motifs is 3. The highest BCUT2D eigenvalue weighted by Gasteiger charge is 2.18. The van der Waals surface area contributed by atoms with E-state index in [4.69, 9.17) is 14.5 Å². The van der Waals surface area contributed by atoms with Crippen LogP contribution in [0.4, 0.5) is 5.69 Å². The number of carbonyl (C=O) groups is 1. The minimum Gasteiger partial charge on any atom is -0.497 e. The first-order valence-corrected chi connectivity index (χ1v) is 10.8. The number of rotatable bonds is 7. The fourth-order valence-corrected chi connectivity index (χ4v) is 4.04. The summed E-state index contributed by atoms with van der Waals surface area (Å²) in [4.78, 5) is 17.4.